The molecule has 1 N–H and O–H groups in total. The molecule has 4 rings (SSSR count). The quantitative estimate of drug-likeness (QED) is 0.718. The molecule has 0 atom stereocenters. The highest BCUT2D eigenvalue weighted by molar-refractivity contribution is 5.95. The van der Waals surface area contributed by atoms with Gasteiger partial charge in [0.1, 0.15) is 18.0 Å². The highest BCUT2D eigenvalue weighted by Gasteiger charge is 2.25. The van der Waals surface area contributed by atoms with Crippen molar-refractivity contribution in [2.24, 2.45) is 0 Å². The molecule has 0 unspecified atom stereocenters. The van der Waals surface area contributed by atoms with E-state index in [1.54, 1.807) is 23.9 Å². The molecular formula is C21H23N5O3. The van der Waals surface area contributed by atoms with Crippen LogP contribution < -0.4 is 5.32 Å². The number of benzene rings is 1. The molecule has 1 fully saturated rings. The van der Waals surface area contributed by atoms with Crippen molar-refractivity contribution in [3.63, 3.8) is 0 Å². The molecule has 1 aliphatic heterocycles. The Balaban J connectivity index is 1.28. The Morgan fingerprint density at radius 2 is 1.93 bits per heavy atom. The molecule has 8 nitrogen and oxygen atoms in total. The van der Waals surface area contributed by atoms with Gasteiger partial charge in [0.15, 0.2) is 0 Å². The molecule has 29 heavy (non-hydrogen) atoms. The SMILES string of the molecule is Cc1occc1C(=O)NC1CCN(C(=O)Cn2cc(-c3ccccc3)nn2)CC1. The molecule has 2 amide bonds. The minimum Gasteiger partial charge on any atom is -0.469 e. The molecule has 0 spiro atoms. The molecule has 0 radical (unpaired) electrons. The van der Waals surface area contributed by atoms with Crippen molar-refractivity contribution in [2.75, 3.05) is 13.1 Å². The molecule has 0 bridgehead atoms. The van der Waals surface area contributed by atoms with E-state index in [-0.39, 0.29) is 24.4 Å². The lowest BCUT2D eigenvalue weighted by atomic mass is 10.0. The number of piperidine rings is 1. The van der Waals surface area contributed by atoms with Crippen molar-refractivity contribution in [2.45, 2.75) is 32.4 Å². The van der Waals surface area contributed by atoms with Crippen LogP contribution in [0.5, 0.6) is 0 Å². The maximum absolute atomic E-state index is 12.6. The number of nitrogens with zero attached hydrogens (tertiary/aromatic N) is 4. The Morgan fingerprint density at radius 3 is 2.62 bits per heavy atom. The fourth-order valence-corrected chi connectivity index (χ4v) is 3.51. The number of hydrogen-bond donors (Lipinski definition) is 1. The number of amides is 2. The van der Waals surface area contributed by atoms with Crippen LogP contribution in [-0.4, -0.2) is 50.8 Å². The highest BCUT2D eigenvalue weighted by Crippen LogP contribution is 2.16. The van der Waals surface area contributed by atoms with Crippen molar-refractivity contribution < 1.29 is 14.0 Å². The van der Waals surface area contributed by atoms with Gasteiger partial charge in [-0.25, -0.2) is 4.68 Å². The maximum atomic E-state index is 12.6. The van der Waals surface area contributed by atoms with Gasteiger partial charge in [0.05, 0.1) is 18.0 Å². The Labute approximate surface area is 168 Å². The third kappa shape index (κ3) is 4.37. The zero-order chi connectivity index (χ0) is 20.2. The summed E-state index contributed by atoms with van der Waals surface area (Å²) in [5.74, 6) is 0.486. The average molecular weight is 393 g/mol. The Kier molecular flexibility index (Phi) is 5.41. The first-order valence-corrected chi connectivity index (χ1v) is 9.68. The van der Waals surface area contributed by atoms with E-state index in [1.807, 2.05) is 35.2 Å². The van der Waals surface area contributed by atoms with Gasteiger partial charge < -0.3 is 14.6 Å². The molecule has 2 aromatic heterocycles. The first-order valence-electron chi connectivity index (χ1n) is 9.68. The Hall–Kier alpha value is -3.42. The summed E-state index contributed by atoms with van der Waals surface area (Å²) in [6.45, 7) is 3.14. The van der Waals surface area contributed by atoms with Gasteiger partial charge in [-0.3, -0.25) is 9.59 Å². The Bertz CT molecular complexity index is 987. The van der Waals surface area contributed by atoms with Gasteiger partial charge in [-0.05, 0) is 25.8 Å². The molecule has 0 saturated carbocycles. The first-order chi connectivity index (χ1) is 14.1. The summed E-state index contributed by atoms with van der Waals surface area (Å²) in [5, 5.41) is 11.2. The third-order valence-electron chi connectivity index (χ3n) is 5.19. The van der Waals surface area contributed by atoms with Gasteiger partial charge in [0.2, 0.25) is 5.91 Å². The first kappa shape index (κ1) is 18.9. The van der Waals surface area contributed by atoms with Crippen LogP contribution in [0.4, 0.5) is 0 Å². The minimum absolute atomic E-state index is 0.00460. The van der Waals surface area contributed by atoms with E-state index in [4.69, 9.17) is 4.42 Å². The predicted octanol–water partition coefficient (Wildman–Crippen LogP) is 2.27. The number of carbonyl (C=O) groups excluding carboxylic acids is 2. The lowest BCUT2D eigenvalue weighted by molar-refractivity contribution is -0.133. The van der Waals surface area contributed by atoms with E-state index in [9.17, 15) is 9.59 Å². The van der Waals surface area contributed by atoms with Gasteiger partial charge in [-0.1, -0.05) is 35.5 Å². The van der Waals surface area contributed by atoms with Gasteiger partial charge in [-0.2, -0.15) is 0 Å². The highest BCUT2D eigenvalue weighted by atomic mass is 16.3. The summed E-state index contributed by atoms with van der Waals surface area (Å²) >= 11 is 0. The van der Waals surface area contributed by atoms with Crippen molar-refractivity contribution in [1.82, 2.24) is 25.2 Å². The molecule has 3 aromatic rings. The van der Waals surface area contributed by atoms with Crippen LogP contribution in [0.25, 0.3) is 11.3 Å². The number of nitrogens with one attached hydrogen (secondary N) is 1. The standard InChI is InChI=1S/C21H23N5O3/c1-15-18(9-12-29-15)21(28)22-17-7-10-25(11-8-17)20(27)14-26-13-19(23-24-26)16-5-3-2-4-6-16/h2-6,9,12-13,17H,7-8,10-11,14H2,1H3,(H,22,28). The zero-order valence-electron chi connectivity index (χ0n) is 16.2. The zero-order valence-corrected chi connectivity index (χ0v) is 16.2. The number of aromatic nitrogens is 3. The number of hydrogen-bond acceptors (Lipinski definition) is 5. The summed E-state index contributed by atoms with van der Waals surface area (Å²) in [4.78, 5) is 26.7. The number of rotatable bonds is 5. The fourth-order valence-electron chi connectivity index (χ4n) is 3.51. The number of aryl methyl sites for hydroxylation is 1. The van der Waals surface area contributed by atoms with Crippen LogP contribution in [0.2, 0.25) is 0 Å². The number of carbonyl (C=O) groups is 2. The van der Waals surface area contributed by atoms with Crippen molar-refractivity contribution in [3.8, 4) is 11.3 Å². The monoisotopic (exact) mass is 393 g/mol. The smallest absolute Gasteiger partial charge is 0.255 e. The molecule has 1 aromatic carbocycles. The molecule has 1 saturated heterocycles. The molecular weight excluding hydrogens is 370 g/mol. The Morgan fingerprint density at radius 1 is 1.17 bits per heavy atom. The van der Waals surface area contributed by atoms with E-state index in [0.29, 0.717) is 24.4 Å². The summed E-state index contributed by atoms with van der Waals surface area (Å²) < 4.78 is 6.75. The van der Waals surface area contributed by atoms with Gasteiger partial charge >= 0.3 is 0 Å². The summed E-state index contributed by atoms with van der Waals surface area (Å²) in [6.07, 6.45) is 4.74. The molecule has 1 aliphatic rings. The minimum atomic E-state index is -0.128. The van der Waals surface area contributed by atoms with Crippen LogP contribution >= 0.6 is 0 Å². The second kappa shape index (κ2) is 8.30. The van der Waals surface area contributed by atoms with Gasteiger partial charge in [-0.15, -0.1) is 5.10 Å². The summed E-state index contributed by atoms with van der Waals surface area (Å²) in [6, 6.07) is 11.5. The molecule has 8 heteroatoms. The molecule has 3 heterocycles. The number of furan rings is 1. The van der Waals surface area contributed by atoms with Crippen LogP contribution in [0, 0.1) is 6.92 Å². The number of likely N-dealkylation sites (tertiary alicyclic amines) is 1. The van der Waals surface area contributed by atoms with Gasteiger partial charge in [0.25, 0.3) is 5.91 Å². The lowest BCUT2D eigenvalue weighted by Crippen LogP contribution is -2.47. The average Bonchev–Trinajstić information content (AvgIpc) is 3.38. The largest absolute Gasteiger partial charge is 0.469 e. The van der Waals surface area contributed by atoms with Crippen LogP contribution in [0.15, 0.2) is 53.3 Å². The predicted molar refractivity (Wildman–Crippen MR) is 106 cm³/mol. The normalized spacial score (nSPS) is 14.7. The maximum Gasteiger partial charge on any atom is 0.255 e. The fraction of sp³-hybridized carbons (Fsp3) is 0.333. The van der Waals surface area contributed by atoms with Crippen LogP contribution in [-0.2, 0) is 11.3 Å². The summed E-state index contributed by atoms with van der Waals surface area (Å²) in [5.41, 5.74) is 2.27. The summed E-state index contributed by atoms with van der Waals surface area (Å²) in [7, 11) is 0. The molecule has 0 aliphatic carbocycles. The molecule has 150 valence electrons. The topological polar surface area (TPSA) is 93.3 Å². The second-order valence-electron chi connectivity index (χ2n) is 7.19. The van der Waals surface area contributed by atoms with Gasteiger partial charge in [0, 0.05) is 24.7 Å². The van der Waals surface area contributed by atoms with Crippen LogP contribution in [0.3, 0.4) is 0 Å². The van der Waals surface area contributed by atoms with Crippen molar-refractivity contribution in [1.29, 1.82) is 0 Å². The van der Waals surface area contributed by atoms with E-state index < -0.39 is 0 Å². The van der Waals surface area contributed by atoms with E-state index in [1.165, 1.54) is 6.26 Å². The van der Waals surface area contributed by atoms with E-state index in [0.717, 1.165) is 24.1 Å². The van der Waals surface area contributed by atoms with E-state index in [2.05, 4.69) is 15.6 Å². The van der Waals surface area contributed by atoms with Crippen molar-refractivity contribution >= 4 is 11.8 Å². The van der Waals surface area contributed by atoms with Crippen molar-refractivity contribution in [3.05, 3.63) is 60.2 Å². The van der Waals surface area contributed by atoms with E-state index >= 15 is 0 Å². The van der Waals surface area contributed by atoms with Crippen LogP contribution in [0.1, 0.15) is 29.0 Å². The third-order valence-corrected chi connectivity index (χ3v) is 5.19. The lowest BCUT2D eigenvalue weighted by Gasteiger charge is -2.32. The second-order valence-corrected chi connectivity index (χ2v) is 7.19.